The van der Waals surface area contributed by atoms with Crippen LogP contribution in [0.5, 0.6) is 0 Å². The van der Waals surface area contributed by atoms with Crippen LogP contribution in [0.1, 0.15) is 39.5 Å². The predicted octanol–water partition coefficient (Wildman–Crippen LogP) is 3.95. The summed E-state index contributed by atoms with van der Waals surface area (Å²) in [4.78, 5) is 0. The summed E-state index contributed by atoms with van der Waals surface area (Å²) in [5.41, 5.74) is 0. The van der Waals surface area contributed by atoms with E-state index in [2.05, 4.69) is 32.6 Å². The minimum absolute atomic E-state index is 0.816. The van der Waals surface area contributed by atoms with Gasteiger partial charge in [0.1, 0.15) is 0 Å². The highest BCUT2D eigenvalue weighted by Gasteiger charge is 1.95. The molecule has 0 N–H and O–H groups in total. The topological polar surface area (TPSA) is 0 Å². The van der Waals surface area contributed by atoms with Crippen molar-refractivity contribution < 1.29 is 0 Å². The van der Waals surface area contributed by atoms with Crippen molar-refractivity contribution in [3.63, 3.8) is 0 Å². The fraction of sp³-hybridized carbons (Fsp3) is 0.636. The molecule has 0 saturated carbocycles. The first-order valence-electron chi connectivity index (χ1n) is 4.57. The summed E-state index contributed by atoms with van der Waals surface area (Å²) in [5, 5.41) is 0. The van der Waals surface area contributed by atoms with Crippen LogP contribution < -0.4 is 0 Å². The smallest absolute Gasteiger partial charge is 0.0325 e. The van der Waals surface area contributed by atoms with Crippen molar-refractivity contribution in [2.75, 3.05) is 0 Å². The lowest BCUT2D eigenvalue weighted by molar-refractivity contribution is 0.546. The molecule has 64 valence electrons. The predicted molar refractivity (Wildman–Crippen MR) is 52.6 cm³/mol. The molecule has 1 unspecified atom stereocenters. The van der Waals surface area contributed by atoms with E-state index < -0.39 is 0 Å². The molecular weight excluding hydrogens is 132 g/mol. The maximum Gasteiger partial charge on any atom is -0.0325 e. The zero-order valence-corrected chi connectivity index (χ0v) is 7.84. The molecule has 0 heteroatoms. The van der Waals surface area contributed by atoms with Gasteiger partial charge in [-0.2, -0.15) is 0 Å². The highest BCUT2D eigenvalue weighted by Crippen LogP contribution is 2.10. The third-order valence-electron chi connectivity index (χ3n) is 1.80. The summed E-state index contributed by atoms with van der Waals surface area (Å²) in [6.07, 6.45) is 11.3. The van der Waals surface area contributed by atoms with E-state index in [-0.39, 0.29) is 0 Å². The van der Waals surface area contributed by atoms with Gasteiger partial charge in [-0.1, -0.05) is 32.1 Å². The Morgan fingerprint density at radius 1 is 1.36 bits per heavy atom. The Morgan fingerprint density at radius 2 is 2.09 bits per heavy atom. The fourth-order valence-corrected chi connectivity index (χ4v) is 1.02. The normalized spacial score (nSPS) is 13.6. The highest BCUT2D eigenvalue weighted by molar-refractivity contribution is 4.82. The van der Waals surface area contributed by atoms with E-state index in [1.165, 1.54) is 12.8 Å². The Hall–Kier alpha value is -0.520. The van der Waals surface area contributed by atoms with Gasteiger partial charge in [0, 0.05) is 0 Å². The standard InChI is InChI=1S/C11H20/c1-4-6-8-10-11(3)9-7-5-2/h5-6,8,11H,2,4,7,9-10H2,1,3H3. The van der Waals surface area contributed by atoms with Crippen LogP contribution in [0.25, 0.3) is 0 Å². The summed E-state index contributed by atoms with van der Waals surface area (Å²) < 4.78 is 0. The molecule has 0 nitrogen and oxygen atoms in total. The van der Waals surface area contributed by atoms with Gasteiger partial charge in [0.15, 0.2) is 0 Å². The zero-order valence-electron chi connectivity index (χ0n) is 7.84. The molecule has 1 atom stereocenters. The molecule has 0 radical (unpaired) electrons. The van der Waals surface area contributed by atoms with Crippen LogP contribution in [0.3, 0.4) is 0 Å². The van der Waals surface area contributed by atoms with Crippen LogP contribution in [0.2, 0.25) is 0 Å². The van der Waals surface area contributed by atoms with Crippen molar-refractivity contribution in [3.05, 3.63) is 24.8 Å². The van der Waals surface area contributed by atoms with E-state index in [1.54, 1.807) is 0 Å². The van der Waals surface area contributed by atoms with E-state index in [0.717, 1.165) is 18.8 Å². The summed E-state index contributed by atoms with van der Waals surface area (Å²) >= 11 is 0. The van der Waals surface area contributed by atoms with Crippen molar-refractivity contribution in [1.29, 1.82) is 0 Å². The minimum atomic E-state index is 0.816. The SMILES string of the molecule is C=CCCC(C)CC=CCC. The summed E-state index contributed by atoms with van der Waals surface area (Å²) in [6.45, 7) is 8.18. The number of hydrogen-bond donors (Lipinski definition) is 0. The molecule has 0 spiro atoms. The molecule has 0 aliphatic heterocycles. The minimum Gasteiger partial charge on any atom is -0.103 e. The molecule has 0 aromatic carbocycles. The fourth-order valence-electron chi connectivity index (χ4n) is 1.02. The van der Waals surface area contributed by atoms with Crippen LogP contribution in [-0.2, 0) is 0 Å². The first-order chi connectivity index (χ1) is 5.31. The van der Waals surface area contributed by atoms with E-state index >= 15 is 0 Å². The number of rotatable bonds is 6. The second-order valence-electron chi connectivity index (χ2n) is 3.09. The Kier molecular flexibility index (Phi) is 7.23. The molecule has 11 heavy (non-hydrogen) atoms. The quantitative estimate of drug-likeness (QED) is 0.506. The first kappa shape index (κ1) is 10.5. The number of allylic oxidation sites excluding steroid dienone is 3. The molecular formula is C11H20. The van der Waals surface area contributed by atoms with Gasteiger partial charge in [-0.05, 0) is 31.6 Å². The van der Waals surface area contributed by atoms with Crippen molar-refractivity contribution in [2.24, 2.45) is 5.92 Å². The second kappa shape index (κ2) is 7.59. The molecule has 0 heterocycles. The molecule has 0 amide bonds. The van der Waals surface area contributed by atoms with Crippen LogP contribution in [-0.4, -0.2) is 0 Å². The maximum absolute atomic E-state index is 3.71. The Bertz CT molecular complexity index is 111. The highest BCUT2D eigenvalue weighted by atomic mass is 14.0. The molecule has 0 rings (SSSR count). The van der Waals surface area contributed by atoms with Gasteiger partial charge in [-0.25, -0.2) is 0 Å². The van der Waals surface area contributed by atoms with E-state index in [9.17, 15) is 0 Å². The Balaban J connectivity index is 3.28. The monoisotopic (exact) mass is 152 g/mol. The largest absolute Gasteiger partial charge is 0.103 e. The molecule has 0 fully saturated rings. The second-order valence-corrected chi connectivity index (χ2v) is 3.09. The Morgan fingerprint density at radius 3 is 2.64 bits per heavy atom. The van der Waals surface area contributed by atoms with Crippen molar-refractivity contribution in [3.8, 4) is 0 Å². The van der Waals surface area contributed by atoms with Gasteiger partial charge >= 0.3 is 0 Å². The van der Waals surface area contributed by atoms with Crippen LogP contribution in [0.4, 0.5) is 0 Å². The van der Waals surface area contributed by atoms with Gasteiger partial charge in [0.25, 0.3) is 0 Å². The average molecular weight is 152 g/mol. The summed E-state index contributed by atoms with van der Waals surface area (Å²) in [7, 11) is 0. The van der Waals surface area contributed by atoms with Gasteiger partial charge < -0.3 is 0 Å². The summed E-state index contributed by atoms with van der Waals surface area (Å²) in [6, 6.07) is 0. The Labute approximate surface area is 71.0 Å². The van der Waals surface area contributed by atoms with E-state index in [1.807, 2.05) is 6.08 Å². The lowest BCUT2D eigenvalue weighted by Gasteiger charge is -2.04. The van der Waals surface area contributed by atoms with Gasteiger partial charge in [0.2, 0.25) is 0 Å². The molecule has 0 aromatic heterocycles. The maximum atomic E-state index is 3.71. The first-order valence-corrected chi connectivity index (χ1v) is 4.57. The molecule has 0 aliphatic rings. The van der Waals surface area contributed by atoms with Crippen LogP contribution in [0.15, 0.2) is 24.8 Å². The molecule has 0 aliphatic carbocycles. The van der Waals surface area contributed by atoms with E-state index in [4.69, 9.17) is 0 Å². The van der Waals surface area contributed by atoms with Crippen LogP contribution >= 0.6 is 0 Å². The van der Waals surface area contributed by atoms with Gasteiger partial charge in [-0.15, -0.1) is 6.58 Å². The third-order valence-corrected chi connectivity index (χ3v) is 1.80. The lowest BCUT2D eigenvalue weighted by Crippen LogP contribution is -1.90. The van der Waals surface area contributed by atoms with Gasteiger partial charge in [-0.3, -0.25) is 0 Å². The average Bonchev–Trinajstić information content (AvgIpc) is 2.01. The molecule has 0 aromatic rings. The lowest BCUT2D eigenvalue weighted by atomic mass is 10.0. The van der Waals surface area contributed by atoms with E-state index in [0.29, 0.717) is 0 Å². The van der Waals surface area contributed by atoms with Crippen LogP contribution in [0, 0.1) is 5.92 Å². The molecule has 0 saturated heterocycles. The van der Waals surface area contributed by atoms with Crippen molar-refractivity contribution in [1.82, 2.24) is 0 Å². The summed E-state index contributed by atoms with van der Waals surface area (Å²) in [5.74, 6) is 0.816. The third kappa shape index (κ3) is 7.38. The van der Waals surface area contributed by atoms with Gasteiger partial charge in [0.05, 0.1) is 0 Å². The van der Waals surface area contributed by atoms with Crippen molar-refractivity contribution >= 4 is 0 Å². The number of hydrogen-bond acceptors (Lipinski definition) is 0. The molecule has 0 bridgehead atoms. The van der Waals surface area contributed by atoms with Crippen molar-refractivity contribution in [2.45, 2.75) is 39.5 Å². The zero-order chi connectivity index (χ0) is 8.53.